The van der Waals surface area contributed by atoms with Crippen LogP contribution in [-0.2, 0) is 13.2 Å². The number of ether oxygens (including phenoxy) is 1. The molecule has 3 aromatic rings. The summed E-state index contributed by atoms with van der Waals surface area (Å²) in [6.07, 6.45) is 0. The first-order valence-electron chi connectivity index (χ1n) is 8.15. The number of aromatic nitrogens is 1. The standard InChI is InChI=1S/C20H19FN2O2S/c1-14-22-18(13-26-14)12-25-19-5-3-4-16(10-19)20(24)23(2)11-15-6-8-17(21)9-7-15/h3-10,13H,11-12H2,1-2H3. The van der Waals surface area contributed by atoms with Crippen molar-refractivity contribution in [3.05, 3.63) is 81.6 Å². The van der Waals surface area contributed by atoms with E-state index in [1.165, 1.54) is 12.1 Å². The van der Waals surface area contributed by atoms with E-state index in [1.54, 1.807) is 53.6 Å². The van der Waals surface area contributed by atoms with Crippen LogP contribution in [0, 0.1) is 12.7 Å². The van der Waals surface area contributed by atoms with Gasteiger partial charge in [0, 0.05) is 24.5 Å². The van der Waals surface area contributed by atoms with E-state index in [0.29, 0.717) is 24.5 Å². The Morgan fingerprint density at radius 2 is 2.00 bits per heavy atom. The normalized spacial score (nSPS) is 10.6. The summed E-state index contributed by atoms with van der Waals surface area (Å²) < 4.78 is 18.7. The molecule has 6 heteroatoms. The molecular weight excluding hydrogens is 351 g/mol. The molecule has 0 bridgehead atoms. The molecule has 0 saturated carbocycles. The van der Waals surface area contributed by atoms with E-state index >= 15 is 0 Å². The van der Waals surface area contributed by atoms with Crippen LogP contribution < -0.4 is 4.74 Å². The largest absolute Gasteiger partial charge is 0.487 e. The molecular formula is C20H19FN2O2S. The van der Waals surface area contributed by atoms with Gasteiger partial charge in [-0.2, -0.15) is 0 Å². The number of thiazole rings is 1. The van der Waals surface area contributed by atoms with E-state index in [-0.39, 0.29) is 11.7 Å². The van der Waals surface area contributed by atoms with E-state index in [1.807, 2.05) is 18.4 Å². The molecule has 0 N–H and O–H groups in total. The summed E-state index contributed by atoms with van der Waals surface area (Å²) in [5.41, 5.74) is 2.28. The molecule has 2 aromatic carbocycles. The lowest BCUT2D eigenvalue weighted by molar-refractivity contribution is 0.0784. The molecule has 134 valence electrons. The summed E-state index contributed by atoms with van der Waals surface area (Å²) >= 11 is 1.58. The molecule has 0 aliphatic carbocycles. The summed E-state index contributed by atoms with van der Waals surface area (Å²) in [6, 6.07) is 13.2. The van der Waals surface area contributed by atoms with E-state index in [4.69, 9.17) is 4.74 Å². The van der Waals surface area contributed by atoms with Crippen molar-refractivity contribution in [3.8, 4) is 5.75 Å². The Morgan fingerprint density at radius 3 is 2.69 bits per heavy atom. The van der Waals surface area contributed by atoms with Gasteiger partial charge in [-0.1, -0.05) is 18.2 Å². The Hall–Kier alpha value is -2.73. The number of amides is 1. The zero-order valence-electron chi connectivity index (χ0n) is 14.6. The molecule has 0 saturated heterocycles. The molecule has 4 nitrogen and oxygen atoms in total. The minimum Gasteiger partial charge on any atom is -0.487 e. The predicted octanol–water partition coefficient (Wildman–Crippen LogP) is 4.44. The van der Waals surface area contributed by atoms with Crippen LogP contribution in [0.5, 0.6) is 5.75 Å². The van der Waals surface area contributed by atoms with Crippen molar-refractivity contribution in [2.45, 2.75) is 20.1 Å². The van der Waals surface area contributed by atoms with Gasteiger partial charge in [0.2, 0.25) is 0 Å². The van der Waals surface area contributed by atoms with Crippen LogP contribution in [-0.4, -0.2) is 22.8 Å². The zero-order chi connectivity index (χ0) is 18.5. The maximum Gasteiger partial charge on any atom is 0.254 e. The van der Waals surface area contributed by atoms with Crippen molar-refractivity contribution < 1.29 is 13.9 Å². The van der Waals surface area contributed by atoms with Crippen molar-refractivity contribution in [3.63, 3.8) is 0 Å². The summed E-state index contributed by atoms with van der Waals surface area (Å²) in [5.74, 6) is 0.212. The predicted molar refractivity (Wildman–Crippen MR) is 99.8 cm³/mol. The third-order valence-corrected chi connectivity index (χ3v) is 4.64. The van der Waals surface area contributed by atoms with Crippen LogP contribution in [0.1, 0.15) is 26.6 Å². The molecule has 1 amide bonds. The van der Waals surface area contributed by atoms with Gasteiger partial charge in [0.05, 0.1) is 10.7 Å². The Balaban J connectivity index is 1.64. The van der Waals surface area contributed by atoms with E-state index < -0.39 is 0 Å². The SMILES string of the molecule is Cc1nc(COc2cccc(C(=O)N(C)Cc3ccc(F)cc3)c2)cs1. The third-order valence-electron chi connectivity index (χ3n) is 3.81. The minimum absolute atomic E-state index is 0.121. The zero-order valence-corrected chi connectivity index (χ0v) is 15.4. The lowest BCUT2D eigenvalue weighted by atomic mass is 10.1. The second-order valence-electron chi connectivity index (χ2n) is 5.96. The number of carbonyl (C=O) groups is 1. The van der Waals surface area contributed by atoms with Crippen molar-refractivity contribution in [1.82, 2.24) is 9.88 Å². The number of rotatable bonds is 6. The number of halogens is 1. The Labute approximate surface area is 155 Å². The highest BCUT2D eigenvalue weighted by molar-refractivity contribution is 7.09. The first-order chi connectivity index (χ1) is 12.5. The van der Waals surface area contributed by atoms with E-state index in [9.17, 15) is 9.18 Å². The fourth-order valence-corrected chi connectivity index (χ4v) is 3.10. The molecule has 1 heterocycles. The van der Waals surface area contributed by atoms with Gasteiger partial charge in [0.15, 0.2) is 0 Å². The average molecular weight is 370 g/mol. The maximum atomic E-state index is 13.0. The number of aryl methyl sites for hydroxylation is 1. The molecule has 0 radical (unpaired) electrons. The highest BCUT2D eigenvalue weighted by Crippen LogP contribution is 2.18. The second-order valence-corrected chi connectivity index (χ2v) is 7.02. The van der Waals surface area contributed by atoms with Crippen LogP contribution in [0.2, 0.25) is 0 Å². The van der Waals surface area contributed by atoms with Gasteiger partial charge in [-0.05, 0) is 42.8 Å². The van der Waals surface area contributed by atoms with E-state index in [2.05, 4.69) is 4.98 Å². The van der Waals surface area contributed by atoms with Crippen LogP contribution in [0.15, 0.2) is 53.9 Å². The van der Waals surface area contributed by atoms with Crippen LogP contribution >= 0.6 is 11.3 Å². The Bertz CT molecular complexity index is 893. The van der Waals surface area contributed by atoms with Gasteiger partial charge in [0.25, 0.3) is 5.91 Å². The van der Waals surface area contributed by atoms with Gasteiger partial charge >= 0.3 is 0 Å². The molecule has 0 unspecified atom stereocenters. The highest BCUT2D eigenvalue weighted by atomic mass is 32.1. The van der Waals surface area contributed by atoms with E-state index in [0.717, 1.165) is 16.3 Å². The van der Waals surface area contributed by atoms with Gasteiger partial charge < -0.3 is 9.64 Å². The molecule has 0 fully saturated rings. The Kier molecular flexibility index (Phi) is 5.63. The Morgan fingerprint density at radius 1 is 1.23 bits per heavy atom. The monoisotopic (exact) mass is 370 g/mol. The minimum atomic E-state index is -0.289. The number of nitrogens with zero attached hydrogens (tertiary/aromatic N) is 2. The second kappa shape index (κ2) is 8.10. The number of hydrogen-bond acceptors (Lipinski definition) is 4. The van der Waals surface area contributed by atoms with Gasteiger partial charge in [-0.25, -0.2) is 9.37 Å². The molecule has 0 aliphatic heterocycles. The number of carbonyl (C=O) groups excluding carboxylic acids is 1. The molecule has 3 rings (SSSR count). The molecule has 26 heavy (non-hydrogen) atoms. The van der Waals surface area contributed by atoms with Crippen LogP contribution in [0.3, 0.4) is 0 Å². The molecule has 0 spiro atoms. The summed E-state index contributed by atoms with van der Waals surface area (Å²) in [6.45, 7) is 2.72. The molecule has 1 aromatic heterocycles. The van der Waals surface area contributed by atoms with Crippen molar-refractivity contribution in [2.24, 2.45) is 0 Å². The first-order valence-corrected chi connectivity index (χ1v) is 9.03. The smallest absolute Gasteiger partial charge is 0.254 e. The summed E-state index contributed by atoms with van der Waals surface area (Å²) in [7, 11) is 1.72. The lowest BCUT2D eigenvalue weighted by Gasteiger charge is -2.18. The fourth-order valence-electron chi connectivity index (χ4n) is 2.51. The van der Waals surface area contributed by atoms with Crippen molar-refractivity contribution in [2.75, 3.05) is 7.05 Å². The fraction of sp³-hybridized carbons (Fsp3) is 0.200. The van der Waals surface area contributed by atoms with Gasteiger partial charge in [0.1, 0.15) is 18.2 Å². The number of hydrogen-bond donors (Lipinski definition) is 0. The van der Waals surface area contributed by atoms with Gasteiger partial charge in [-0.15, -0.1) is 11.3 Å². The first kappa shape index (κ1) is 18.1. The highest BCUT2D eigenvalue weighted by Gasteiger charge is 2.13. The van der Waals surface area contributed by atoms with Crippen molar-refractivity contribution in [1.29, 1.82) is 0 Å². The molecule has 0 aliphatic rings. The van der Waals surface area contributed by atoms with Crippen LogP contribution in [0.25, 0.3) is 0 Å². The molecule has 0 atom stereocenters. The number of benzene rings is 2. The topological polar surface area (TPSA) is 42.4 Å². The summed E-state index contributed by atoms with van der Waals surface area (Å²) in [5, 5.41) is 2.95. The van der Waals surface area contributed by atoms with Crippen LogP contribution in [0.4, 0.5) is 4.39 Å². The lowest BCUT2D eigenvalue weighted by Crippen LogP contribution is -2.26. The summed E-state index contributed by atoms with van der Waals surface area (Å²) in [4.78, 5) is 18.6. The maximum absolute atomic E-state index is 13.0. The van der Waals surface area contributed by atoms with Gasteiger partial charge in [-0.3, -0.25) is 4.79 Å². The average Bonchev–Trinajstić information content (AvgIpc) is 3.07. The van der Waals surface area contributed by atoms with Crippen molar-refractivity contribution >= 4 is 17.2 Å². The quantitative estimate of drug-likeness (QED) is 0.644. The third kappa shape index (κ3) is 4.67.